The fourth-order valence-corrected chi connectivity index (χ4v) is 3.74. The molecule has 0 saturated carbocycles. The summed E-state index contributed by atoms with van der Waals surface area (Å²) in [5.41, 5.74) is 0.357. The molecule has 1 aromatic carbocycles. The van der Waals surface area contributed by atoms with Crippen LogP contribution in [0.1, 0.15) is 29.4 Å². The molecule has 1 aliphatic heterocycles. The molecule has 2 unspecified atom stereocenters. The molecular weight excluding hydrogens is 313 g/mol. The third kappa shape index (κ3) is 4.61. The highest BCUT2D eigenvalue weighted by Crippen LogP contribution is 2.22. The maximum atomic E-state index is 13.9. The van der Waals surface area contributed by atoms with Gasteiger partial charge in [-0.1, -0.05) is 24.3 Å². The van der Waals surface area contributed by atoms with Crippen LogP contribution < -0.4 is 0 Å². The van der Waals surface area contributed by atoms with Crippen molar-refractivity contribution in [1.29, 1.82) is 0 Å². The van der Waals surface area contributed by atoms with Gasteiger partial charge in [-0.25, -0.2) is 4.39 Å². The molecule has 2 atom stereocenters. The fraction of sp³-hybridized carbons (Fsp3) is 0.444. The molecule has 1 aromatic heterocycles. The monoisotopic (exact) mass is 335 g/mol. The second kappa shape index (κ2) is 8.02. The average molecular weight is 335 g/mol. The van der Waals surface area contributed by atoms with Crippen LogP contribution in [-0.4, -0.2) is 35.8 Å². The second-order valence-electron chi connectivity index (χ2n) is 5.95. The topological polar surface area (TPSA) is 32.7 Å². The van der Waals surface area contributed by atoms with Crippen LogP contribution in [0.15, 0.2) is 41.8 Å². The molecule has 3 rings (SSSR count). The number of benzene rings is 1. The van der Waals surface area contributed by atoms with Gasteiger partial charge in [0.1, 0.15) is 5.82 Å². The van der Waals surface area contributed by atoms with E-state index in [-0.39, 0.29) is 11.9 Å². The Labute approximate surface area is 140 Å². The molecule has 0 spiro atoms. The van der Waals surface area contributed by atoms with E-state index in [0.717, 1.165) is 32.5 Å². The molecule has 1 N–H and O–H groups in total. The first-order chi connectivity index (χ1) is 11.2. The molecule has 1 fully saturated rings. The van der Waals surface area contributed by atoms with Crippen molar-refractivity contribution >= 4 is 11.3 Å². The maximum absolute atomic E-state index is 13.9. The van der Waals surface area contributed by atoms with Gasteiger partial charge in [-0.15, -0.1) is 11.3 Å². The van der Waals surface area contributed by atoms with Crippen molar-refractivity contribution in [2.24, 2.45) is 0 Å². The van der Waals surface area contributed by atoms with E-state index in [2.05, 4.69) is 11.0 Å². The molecule has 1 aliphatic rings. The fourth-order valence-electron chi connectivity index (χ4n) is 2.99. The van der Waals surface area contributed by atoms with Gasteiger partial charge in [-0.05, 0) is 30.4 Å². The molecule has 0 aliphatic carbocycles. The van der Waals surface area contributed by atoms with Crippen LogP contribution in [0.4, 0.5) is 4.39 Å². The maximum Gasteiger partial charge on any atom is 0.129 e. The first-order valence-corrected chi connectivity index (χ1v) is 8.89. The highest BCUT2D eigenvalue weighted by Gasteiger charge is 2.23. The summed E-state index contributed by atoms with van der Waals surface area (Å²) in [5, 5.41) is 12.5. The second-order valence-corrected chi connectivity index (χ2v) is 6.98. The third-order valence-corrected chi connectivity index (χ3v) is 5.00. The molecule has 1 saturated heterocycles. The molecular formula is C18H22FNO2S. The highest BCUT2D eigenvalue weighted by atomic mass is 32.1. The zero-order chi connectivity index (χ0) is 16.1. The van der Waals surface area contributed by atoms with Crippen LogP contribution >= 0.6 is 11.3 Å². The van der Waals surface area contributed by atoms with Crippen LogP contribution in [0.25, 0.3) is 0 Å². The van der Waals surface area contributed by atoms with Crippen molar-refractivity contribution in [1.82, 2.24) is 4.90 Å². The predicted molar refractivity (Wildman–Crippen MR) is 89.9 cm³/mol. The summed E-state index contributed by atoms with van der Waals surface area (Å²) in [5.74, 6) is -0.354. The Bertz CT molecular complexity index is 599. The first-order valence-electron chi connectivity index (χ1n) is 8.01. The third-order valence-electron chi connectivity index (χ3n) is 4.14. The van der Waals surface area contributed by atoms with E-state index in [1.54, 1.807) is 29.5 Å². The van der Waals surface area contributed by atoms with E-state index in [1.165, 1.54) is 10.9 Å². The average Bonchev–Trinajstić information content (AvgIpc) is 3.21. The zero-order valence-corrected chi connectivity index (χ0v) is 13.8. The van der Waals surface area contributed by atoms with Gasteiger partial charge in [0, 0.05) is 36.7 Å². The number of hydrogen-bond acceptors (Lipinski definition) is 4. The van der Waals surface area contributed by atoms with E-state index in [1.807, 2.05) is 11.4 Å². The zero-order valence-electron chi connectivity index (χ0n) is 13.0. The van der Waals surface area contributed by atoms with Crippen LogP contribution in [0.3, 0.4) is 0 Å². The van der Waals surface area contributed by atoms with E-state index in [0.29, 0.717) is 12.1 Å². The molecule has 0 bridgehead atoms. The van der Waals surface area contributed by atoms with Gasteiger partial charge in [-0.3, -0.25) is 4.90 Å². The van der Waals surface area contributed by atoms with Gasteiger partial charge in [0.25, 0.3) is 0 Å². The van der Waals surface area contributed by atoms with Crippen LogP contribution in [0.2, 0.25) is 0 Å². The SMILES string of the molecule is OC(CN(Cc1cccs1)CC1CCCO1)c1ccccc1F. The lowest BCUT2D eigenvalue weighted by Crippen LogP contribution is -2.35. The van der Waals surface area contributed by atoms with Crippen molar-refractivity contribution in [3.8, 4) is 0 Å². The lowest BCUT2D eigenvalue weighted by molar-refractivity contribution is 0.0456. The number of hydrogen-bond donors (Lipinski definition) is 1. The van der Waals surface area contributed by atoms with Crippen molar-refractivity contribution in [2.75, 3.05) is 19.7 Å². The summed E-state index contributed by atoms with van der Waals surface area (Å²) in [6, 6.07) is 10.5. The molecule has 0 amide bonds. The van der Waals surface area contributed by atoms with Gasteiger partial charge in [-0.2, -0.15) is 0 Å². The van der Waals surface area contributed by atoms with E-state index < -0.39 is 6.10 Å². The minimum Gasteiger partial charge on any atom is -0.387 e. The highest BCUT2D eigenvalue weighted by molar-refractivity contribution is 7.09. The van der Waals surface area contributed by atoms with Crippen LogP contribution in [0, 0.1) is 5.82 Å². The lowest BCUT2D eigenvalue weighted by Gasteiger charge is -2.27. The number of aliphatic hydroxyl groups excluding tert-OH is 1. The summed E-state index contributed by atoms with van der Waals surface area (Å²) < 4.78 is 19.6. The molecule has 124 valence electrons. The number of ether oxygens (including phenoxy) is 1. The first kappa shape index (κ1) is 16.6. The summed E-state index contributed by atoms with van der Waals surface area (Å²) in [4.78, 5) is 3.41. The minimum atomic E-state index is -0.836. The largest absolute Gasteiger partial charge is 0.387 e. The van der Waals surface area contributed by atoms with Crippen molar-refractivity contribution in [3.05, 3.63) is 58.0 Å². The molecule has 23 heavy (non-hydrogen) atoms. The smallest absolute Gasteiger partial charge is 0.129 e. The van der Waals surface area contributed by atoms with Crippen molar-refractivity contribution in [2.45, 2.75) is 31.6 Å². The lowest BCUT2D eigenvalue weighted by atomic mass is 10.1. The van der Waals surface area contributed by atoms with E-state index >= 15 is 0 Å². The van der Waals surface area contributed by atoms with E-state index in [4.69, 9.17) is 4.74 Å². The normalized spacial score (nSPS) is 19.3. The van der Waals surface area contributed by atoms with Crippen molar-refractivity contribution in [3.63, 3.8) is 0 Å². The number of aliphatic hydroxyl groups is 1. The van der Waals surface area contributed by atoms with Gasteiger partial charge < -0.3 is 9.84 Å². The standard InChI is InChI=1S/C18H22FNO2S/c19-17-8-2-1-7-16(17)18(21)13-20(11-14-5-3-9-22-14)12-15-6-4-10-23-15/h1-2,4,6-8,10,14,18,21H,3,5,9,11-13H2. The summed E-state index contributed by atoms with van der Waals surface area (Å²) in [6.07, 6.45) is 1.52. The van der Waals surface area contributed by atoms with Gasteiger partial charge in [0.2, 0.25) is 0 Å². The predicted octanol–water partition coefficient (Wildman–Crippen LogP) is 3.60. The Balaban J connectivity index is 1.67. The minimum absolute atomic E-state index is 0.211. The number of rotatable bonds is 7. The number of halogens is 1. The Morgan fingerprint density at radius 3 is 2.87 bits per heavy atom. The van der Waals surface area contributed by atoms with Crippen LogP contribution in [-0.2, 0) is 11.3 Å². The van der Waals surface area contributed by atoms with Crippen LogP contribution in [0.5, 0.6) is 0 Å². The Morgan fingerprint density at radius 2 is 2.17 bits per heavy atom. The van der Waals surface area contributed by atoms with Gasteiger partial charge >= 0.3 is 0 Å². The molecule has 5 heteroatoms. The van der Waals surface area contributed by atoms with Gasteiger partial charge in [0.05, 0.1) is 12.2 Å². The number of thiophene rings is 1. The van der Waals surface area contributed by atoms with Crippen molar-refractivity contribution < 1.29 is 14.2 Å². The van der Waals surface area contributed by atoms with Gasteiger partial charge in [0.15, 0.2) is 0 Å². The molecule has 0 radical (unpaired) electrons. The molecule has 3 nitrogen and oxygen atoms in total. The number of nitrogens with zero attached hydrogens (tertiary/aromatic N) is 1. The summed E-state index contributed by atoms with van der Waals surface area (Å²) in [7, 11) is 0. The summed E-state index contributed by atoms with van der Waals surface area (Å²) in [6.45, 7) is 2.73. The Morgan fingerprint density at radius 1 is 1.30 bits per heavy atom. The Hall–Kier alpha value is -1.27. The summed E-state index contributed by atoms with van der Waals surface area (Å²) >= 11 is 1.70. The Kier molecular flexibility index (Phi) is 5.78. The quantitative estimate of drug-likeness (QED) is 0.839. The van der Waals surface area contributed by atoms with E-state index in [9.17, 15) is 9.50 Å². The molecule has 2 aromatic rings. The molecule has 2 heterocycles.